The van der Waals surface area contributed by atoms with E-state index in [1.165, 1.54) is 19.2 Å². The van der Waals surface area contributed by atoms with Crippen LogP contribution in [-0.4, -0.2) is 76.8 Å². The predicted octanol–water partition coefficient (Wildman–Crippen LogP) is 3.76. The molecule has 244 valence electrons. The average molecular weight is 655 g/mol. The van der Waals surface area contributed by atoms with E-state index in [4.69, 9.17) is 24.7 Å². The molecule has 0 radical (unpaired) electrons. The minimum absolute atomic E-state index is 0. The molecule has 0 saturated carbocycles. The quantitative estimate of drug-likeness (QED) is 0.191. The van der Waals surface area contributed by atoms with Crippen LogP contribution in [0, 0.1) is 0 Å². The van der Waals surface area contributed by atoms with Gasteiger partial charge in [-0.2, -0.15) is 0 Å². The minimum Gasteiger partial charge on any atom is -0.507 e. The number of methoxy groups -OCH3 is 1. The predicted molar refractivity (Wildman–Crippen MR) is 167 cm³/mol. The Morgan fingerprint density at radius 3 is 2.24 bits per heavy atom. The Morgan fingerprint density at radius 2 is 1.63 bits per heavy atom. The summed E-state index contributed by atoms with van der Waals surface area (Å²) in [4.78, 5) is 39.7. The molecule has 1 heterocycles. The van der Waals surface area contributed by atoms with Crippen LogP contribution in [-0.2, 0) is 25.4 Å². The summed E-state index contributed by atoms with van der Waals surface area (Å²) in [5, 5.41) is 37.6. The number of fused-ring (bicyclic) bond motifs is 3. The molecule has 0 aromatic heterocycles. The van der Waals surface area contributed by atoms with Gasteiger partial charge in [0.2, 0.25) is 0 Å². The zero-order chi connectivity index (χ0) is 32.0. The van der Waals surface area contributed by atoms with E-state index in [0.717, 1.165) is 0 Å². The molecule has 0 bridgehead atoms. The number of nitrogens with two attached hydrogens (primary N) is 1. The van der Waals surface area contributed by atoms with Gasteiger partial charge in [0, 0.05) is 60.4 Å². The number of rotatable bonds is 6. The highest BCUT2D eigenvalue weighted by Gasteiger charge is 2.48. The van der Waals surface area contributed by atoms with Crippen LogP contribution >= 0.6 is 12.4 Å². The number of hydrogen-bond donors (Lipinski definition) is 5. The first-order valence-electron chi connectivity index (χ1n) is 14.6. The van der Waals surface area contributed by atoms with Gasteiger partial charge in [-0.05, 0) is 19.1 Å². The Balaban J connectivity index is 0.00000417. The fourth-order valence-electron chi connectivity index (χ4n) is 6.57. The molecule has 1 amide bonds. The van der Waals surface area contributed by atoms with Crippen molar-refractivity contribution in [2.45, 2.75) is 62.4 Å². The van der Waals surface area contributed by atoms with Crippen LogP contribution in [0.25, 0.3) is 0 Å². The van der Waals surface area contributed by atoms with Crippen molar-refractivity contribution in [3.05, 3.63) is 88.0 Å². The van der Waals surface area contributed by atoms with Gasteiger partial charge in [0.1, 0.15) is 23.7 Å². The highest BCUT2D eigenvalue weighted by Crippen LogP contribution is 2.52. The van der Waals surface area contributed by atoms with Gasteiger partial charge in [-0.25, -0.2) is 4.79 Å². The molecule has 13 heteroatoms. The van der Waals surface area contributed by atoms with Gasteiger partial charge in [0.15, 0.2) is 17.9 Å². The number of carbonyl (C=O) groups excluding carboxylic acids is 3. The Kier molecular flexibility index (Phi) is 9.41. The van der Waals surface area contributed by atoms with E-state index in [9.17, 15) is 29.7 Å². The minimum atomic E-state index is -1.82. The number of hydrogen-bond acceptors (Lipinski definition) is 11. The van der Waals surface area contributed by atoms with E-state index in [1.807, 2.05) is 0 Å². The number of benzene rings is 3. The molecule has 46 heavy (non-hydrogen) atoms. The molecular formula is C33H35ClN2O10. The zero-order valence-electron chi connectivity index (χ0n) is 25.1. The molecule has 1 fully saturated rings. The largest absolute Gasteiger partial charge is 0.507 e. The van der Waals surface area contributed by atoms with Crippen LogP contribution < -0.4 is 11.1 Å². The monoisotopic (exact) mass is 654 g/mol. The molecule has 3 aromatic rings. The van der Waals surface area contributed by atoms with Gasteiger partial charge >= 0.3 is 6.09 Å². The van der Waals surface area contributed by atoms with Crippen LogP contribution in [0.1, 0.15) is 68.8 Å². The fraction of sp³-hybridized carbons (Fsp3) is 0.364. The SMILES string of the molecule is CO[C@@H]1[C@H](C)O[C@@H](O[C@H]2C[C@](O)(COC(=O)Nc3ccccc3)Cc3c(O)c4c(c(O)c32)C(=O)c2ccccc2C4=O)C[C@@H]1N.Cl. The lowest BCUT2D eigenvalue weighted by Crippen LogP contribution is -2.53. The van der Waals surface area contributed by atoms with E-state index in [-0.39, 0.29) is 65.1 Å². The summed E-state index contributed by atoms with van der Waals surface area (Å²) in [6, 6.07) is 14.3. The highest BCUT2D eigenvalue weighted by atomic mass is 35.5. The Morgan fingerprint density at radius 1 is 1.02 bits per heavy atom. The highest BCUT2D eigenvalue weighted by molar-refractivity contribution is 6.30. The summed E-state index contributed by atoms with van der Waals surface area (Å²) in [5.41, 5.74) is 4.46. The second kappa shape index (κ2) is 13.0. The zero-order valence-corrected chi connectivity index (χ0v) is 25.9. The lowest BCUT2D eigenvalue weighted by molar-refractivity contribution is -0.251. The fourth-order valence-corrected chi connectivity index (χ4v) is 6.57. The van der Waals surface area contributed by atoms with Crippen LogP contribution in [0.5, 0.6) is 11.5 Å². The number of halogens is 1. The van der Waals surface area contributed by atoms with Gasteiger partial charge in [0.05, 0.1) is 29.4 Å². The van der Waals surface area contributed by atoms with E-state index in [2.05, 4.69) is 5.32 Å². The maximum absolute atomic E-state index is 13.6. The molecule has 12 nitrogen and oxygen atoms in total. The van der Waals surface area contributed by atoms with Crippen molar-refractivity contribution in [2.75, 3.05) is 19.0 Å². The smallest absolute Gasteiger partial charge is 0.411 e. The van der Waals surface area contributed by atoms with Gasteiger partial charge in [0.25, 0.3) is 0 Å². The number of anilines is 1. The van der Waals surface area contributed by atoms with Crippen molar-refractivity contribution in [1.29, 1.82) is 0 Å². The molecular weight excluding hydrogens is 620 g/mol. The number of nitrogens with one attached hydrogen (secondary N) is 1. The third kappa shape index (κ3) is 5.95. The number of phenolic OH excluding ortho intramolecular Hbond substituents is 2. The molecule has 0 spiro atoms. The third-order valence-electron chi connectivity index (χ3n) is 8.65. The number of carbonyl (C=O) groups is 3. The summed E-state index contributed by atoms with van der Waals surface area (Å²) in [7, 11) is 1.53. The first-order chi connectivity index (χ1) is 21.5. The van der Waals surface area contributed by atoms with Crippen LogP contribution in [0.4, 0.5) is 10.5 Å². The standard InChI is InChI=1S/C33H34N2O10.ClH/c1-16-31(42-2)21(34)12-23(44-16)45-22-14-33(41,15-43-32(40)35-17-8-4-3-5-9-17)13-20-24(22)30(39)26-25(29(20)38)27(36)18-10-6-7-11-19(18)28(26)37;/h3-11,16,21-23,31,38-39,41H,12-15,34H2,1-2H3,(H,35,40);1H/t16-,21-,22-,23-,31+,33-;/m0./s1. The number of ketones is 2. The van der Waals surface area contributed by atoms with Crippen molar-refractivity contribution in [3.63, 3.8) is 0 Å². The molecule has 3 aliphatic rings. The Hall–Kier alpha value is -4.04. The Bertz CT molecular complexity index is 1660. The first kappa shape index (κ1) is 33.3. The summed E-state index contributed by atoms with van der Waals surface area (Å²) in [6.07, 6.45) is -4.12. The molecule has 1 aliphatic heterocycles. The summed E-state index contributed by atoms with van der Waals surface area (Å²) < 4.78 is 23.1. The van der Waals surface area contributed by atoms with Gasteiger partial charge in [-0.3, -0.25) is 14.9 Å². The number of phenols is 2. The van der Waals surface area contributed by atoms with Gasteiger partial charge in [-0.15, -0.1) is 12.4 Å². The summed E-state index contributed by atoms with van der Waals surface area (Å²) >= 11 is 0. The van der Waals surface area contributed by atoms with Crippen molar-refractivity contribution < 1.29 is 48.7 Å². The molecule has 1 saturated heterocycles. The lowest BCUT2D eigenvalue weighted by Gasteiger charge is -2.43. The number of aliphatic hydroxyl groups is 1. The maximum Gasteiger partial charge on any atom is 0.411 e. The van der Waals surface area contributed by atoms with Crippen LogP contribution in [0.2, 0.25) is 0 Å². The van der Waals surface area contributed by atoms with Gasteiger partial charge in [-0.1, -0.05) is 42.5 Å². The molecule has 0 unspecified atom stereocenters. The second-order valence-corrected chi connectivity index (χ2v) is 11.7. The second-order valence-electron chi connectivity index (χ2n) is 11.7. The third-order valence-corrected chi connectivity index (χ3v) is 8.65. The topological polar surface area (TPSA) is 187 Å². The molecule has 2 aliphatic carbocycles. The molecule has 6 N–H and O–H groups in total. The molecule has 3 aromatic carbocycles. The number of ether oxygens (including phenoxy) is 4. The first-order valence-corrected chi connectivity index (χ1v) is 14.6. The van der Waals surface area contributed by atoms with Crippen molar-refractivity contribution in [3.8, 4) is 11.5 Å². The van der Waals surface area contributed by atoms with Crippen molar-refractivity contribution in [2.24, 2.45) is 5.73 Å². The Labute approximate surface area is 270 Å². The van der Waals surface area contributed by atoms with Crippen molar-refractivity contribution >= 4 is 35.8 Å². The van der Waals surface area contributed by atoms with Crippen LogP contribution in [0.15, 0.2) is 54.6 Å². The van der Waals surface area contributed by atoms with E-state index in [0.29, 0.717) is 5.69 Å². The molecule has 6 rings (SSSR count). The van der Waals surface area contributed by atoms with Gasteiger partial charge < -0.3 is 40.0 Å². The lowest BCUT2D eigenvalue weighted by atomic mass is 9.73. The van der Waals surface area contributed by atoms with Crippen LogP contribution in [0.3, 0.4) is 0 Å². The number of para-hydroxylation sites is 1. The summed E-state index contributed by atoms with van der Waals surface area (Å²) in [5.74, 6) is -2.39. The van der Waals surface area contributed by atoms with E-state index >= 15 is 0 Å². The number of amides is 1. The molecule has 6 atom stereocenters. The van der Waals surface area contributed by atoms with Crippen molar-refractivity contribution in [1.82, 2.24) is 0 Å². The maximum atomic E-state index is 13.6. The van der Waals surface area contributed by atoms with E-state index < -0.39 is 72.0 Å². The van der Waals surface area contributed by atoms with E-state index in [1.54, 1.807) is 49.4 Å². The average Bonchev–Trinajstić information content (AvgIpc) is 3.01. The number of aromatic hydroxyl groups is 2. The summed E-state index contributed by atoms with van der Waals surface area (Å²) in [6.45, 7) is 1.25. The normalized spacial score (nSPS) is 26.7.